The number of fused-ring (bicyclic) bond motifs is 1. The smallest absolute Gasteiger partial charge is 0.256 e. The van der Waals surface area contributed by atoms with Gasteiger partial charge in [-0.2, -0.15) is 0 Å². The second-order valence-corrected chi connectivity index (χ2v) is 6.08. The third-order valence-corrected chi connectivity index (χ3v) is 4.54. The van der Waals surface area contributed by atoms with Crippen LogP contribution in [0.25, 0.3) is 0 Å². The van der Waals surface area contributed by atoms with E-state index in [4.69, 9.17) is 17.3 Å². The molecule has 2 saturated heterocycles. The fraction of sp³-hybridized carbons (Fsp3) is 0.571. The molecule has 2 N–H and O–H groups in total. The lowest BCUT2D eigenvalue weighted by Gasteiger charge is -2.42. The standard InChI is InChI=1S/C14H19ClN4O/c1-9-7-18-4-2-3-10(18)8-19(9)14(20)11-5-13(15)17-6-12(11)16/h5-6,9-10H,2-4,7-8,16H2,1H3. The Morgan fingerprint density at radius 2 is 2.30 bits per heavy atom. The predicted molar refractivity (Wildman–Crippen MR) is 78.8 cm³/mol. The van der Waals surface area contributed by atoms with Gasteiger partial charge in [-0.15, -0.1) is 0 Å². The number of nitrogen functional groups attached to an aromatic ring is 1. The molecule has 2 atom stereocenters. The number of halogens is 1. The van der Waals surface area contributed by atoms with Crippen molar-refractivity contribution in [3.63, 3.8) is 0 Å². The van der Waals surface area contributed by atoms with Gasteiger partial charge in [-0.1, -0.05) is 11.6 Å². The number of nitrogens with zero attached hydrogens (tertiary/aromatic N) is 3. The number of pyridine rings is 1. The lowest BCUT2D eigenvalue weighted by molar-refractivity contribution is 0.0396. The normalized spacial score (nSPS) is 26.6. The molecule has 3 heterocycles. The molecule has 5 nitrogen and oxygen atoms in total. The number of amides is 1. The zero-order valence-electron chi connectivity index (χ0n) is 11.6. The third-order valence-electron chi connectivity index (χ3n) is 4.33. The Bertz CT molecular complexity index is 536. The van der Waals surface area contributed by atoms with E-state index < -0.39 is 0 Å². The Hall–Kier alpha value is -1.33. The molecule has 0 aliphatic carbocycles. The second kappa shape index (κ2) is 5.22. The summed E-state index contributed by atoms with van der Waals surface area (Å²) in [6, 6.07) is 2.25. The average Bonchev–Trinajstić information content (AvgIpc) is 2.87. The summed E-state index contributed by atoms with van der Waals surface area (Å²) in [7, 11) is 0. The first-order valence-corrected chi connectivity index (χ1v) is 7.40. The van der Waals surface area contributed by atoms with Crippen molar-refractivity contribution in [3.8, 4) is 0 Å². The Morgan fingerprint density at radius 1 is 1.50 bits per heavy atom. The van der Waals surface area contributed by atoms with Crippen molar-refractivity contribution in [3.05, 3.63) is 23.0 Å². The van der Waals surface area contributed by atoms with Crippen molar-refractivity contribution in [1.82, 2.24) is 14.8 Å². The quantitative estimate of drug-likeness (QED) is 0.800. The van der Waals surface area contributed by atoms with Crippen LogP contribution in [0.5, 0.6) is 0 Å². The monoisotopic (exact) mass is 294 g/mol. The Kier molecular flexibility index (Phi) is 3.56. The van der Waals surface area contributed by atoms with Crippen LogP contribution in [-0.4, -0.2) is 52.4 Å². The molecule has 2 unspecified atom stereocenters. The number of piperazine rings is 1. The van der Waals surface area contributed by atoms with Gasteiger partial charge in [-0.3, -0.25) is 9.69 Å². The predicted octanol–water partition coefficient (Wildman–Crippen LogP) is 1.63. The van der Waals surface area contributed by atoms with Gasteiger partial charge in [0.05, 0.1) is 17.4 Å². The maximum atomic E-state index is 12.7. The molecule has 20 heavy (non-hydrogen) atoms. The molecule has 1 aromatic heterocycles. The number of nitrogens with two attached hydrogens (primary N) is 1. The summed E-state index contributed by atoms with van der Waals surface area (Å²) in [4.78, 5) is 21.0. The van der Waals surface area contributed by atoms with E-state index in [0.717, 1.165) is 19.6 Å². The first-order valence-electron chi connectivity index (χ1n) is 7.02. The zero-order chi connectivity index (χ0) is 14.3. The number of aromatic nitrogens is 1. The highest BCUT2D eigenvalue weighted by Gasteiger charge is 2.37. The van der Waals surface area contributed by atoms with Gasteiger partial charge in [0.25, 0.3) is 5.91 Å². The van der Waals surface area contributed by atoms with Crippen LogP contribution in [0.1, 0.15) is 30.1 Å². The molecule has 0 spiro atoms. The molecule has 0 saturated carbocycles. The van der Waals surface area contributed by atoms with Crippen LogP contribution in [0.3, 0.4) is 0 Å². The fourth-order valence-corrected chi connectivity index (χ4v) is 3.41. The molecule has 1 amide bonds. The van der Waals surface area contributed by atoms with Gasteiger partial charge >= 0.3 is 0 Å². The number of carbonyl (C=O) groups excluding carboxylic acids is 1. The third kappa shape index (κ3) is 2.36. The van der Waals surface area contributed by atoms with Crippen LogP contribution < -0.4 is 5.73 Å². The van der Waals surface area contributed by atoms with E-state index in [-0.39, 0.29) is 11.9 Å². The minimum Gasteiger partial charge on any atom is -0.397 e. The largest absolute Gasteiger partial charge is 0.397 e. The van der Waals surface area contributed by atoms with Gasteiger partial charge < -0.3 is 10.6 Å². The summed E-state index contributed by atoms with van der Waals surface area (Å²) in [5.74, 6) is -0.0362. The molecule has 0 bridgehead atoms. The van der Waals surface area contributed by atoms with Crippen LogP contribution in [-0.2, 0) is 0 Å². The van der Waals surface area contributed by atoms with Crippen LogP contribution in [0.15, 0.2) is 12.3 Å². The summed E-state index contributed by atoms with van der Waals surface area (Å²) in [6.45, 7) is 4.96. The topological polar surface area (TPSA) is 62.5 Å². The summed E-state index contributed by atoms with van der Waals surface area (Å²) in [6.07, 6.45) is 3.85. The van der Waals surface area contributed by atoms with Gasteiger partial charge in [-0.25, -0.2) is 4.98 Å². The SMILES string of the molecule is CC1CN2CCCC2CN1C(=O)c1cc(Cl)ncc1N. The molecular weight excluding hydrogens is 276 g/mol. The van der Waals surface area contributed by atoms with E-state index in [9.17, 15) is 4.79 Å². The molecule has 6 heteroatoms. The van der Waals surface area contributed by atoms with Crippen molar-refractivity contribution in [1.29, 1.82) is 0 Å². The van der Waals surface area contributed by atoms with E-state index in [1.54, 1.807) is 6.07 Å². The van der Waals surface area contributed by atoms with Gasteiger partial charge in [0.1, 0.15) is 5.15 Å². The van der Waals surface area contributed by atoms with E-state index in [1.807, 2.05) is 4.90 Å². The average molecular weight is 295 g/mol. The van der Waals surface area contributed by atoms with Crippen molar-refractivity contribution in [2.24, 2.45) is 0 Å². The highest BCUT2D eigenvalue weighted by molar-refractivity contribution is 6.29. The highest BCUT2D eigenvalue weighted by Crippen LogP contribution is 2.27. The van der Waals surface area contributed by atoms with Gasteiger partial charge in [0, 0.05) is 25.2 Å². The molecule has 108 valence electrons. The zero-order valence-corrected chi connectivity index (χ0v) is 12.3. The Labute approximate surface area is 123 Å². The molecule has 1 aromatic rings. The molecule has 2 fully saturated rings. The lowest BCUT2D eigenvalue weighted by atomic mass is 10.1. The Balaban J connectivity index is 1.84. The molecule has 2 aliphatic rings. The van der Waals surface area contributed by atoms with Crippen LogP contribution in [0, 0.1) is 0 Å². The van der Waals surface area contributed by atoms with Crippen molar-refractivity contribution in [2.45, 2.75) is 31.8 Å². The van der Waals surface area contributed by atoms with Crippen LogP contribution >= 0.6 is 11.6 Å². The Morgan fingerprint density at radius 3 is 3.10 bits per heavy atom. The van der Waals surface area contributed by atoms with Crippen molar-refractivity contribution in [2.75, 3.05) is 25.4 Å². The van der Waals surface area contributed by atoms with Gasteiger partial charge in [0.2, 0.25) is 0 Å². The maximum absolute atomic E-state index is 12.7. The molecule has 0 radical (unpaired) electrons. The number of anilines is 1. The van der Waals surface area contributed by atoms with E-state index in [2.05, 4.69) is 16.8 Å². The summed E-state index contributed by atoms with van der Waals surface area (Å²) in [5, 5.41) is 0.301. The molecule has 3 rings (SSSR count). The lowest BCUT2D eigenvalue weighted by Crippen LogP contribution is -2.56. The van der Waals surface area contributed by atoms with Crippen LogP contribution in [0.4, 0.5) is 5.69 Å². The first-order chi connectivity index (χ1) is 9.56. The number of hydrogen-bond acceptors (Lipinski definition) is 4. The van der Waals surface area contributed by atoms with E-state index in [1.165, 1.54) is 19.0 Å². The van der Waals surface area contributed by atoms with E-state index >= 15 is 0 Å². The van der Waals surface area contributed by atoms with Crippen molar-refractivity contribution >= 4 is 23.2 Å². The van der Waals surface area contributed by atoms with Gasteiger partial charge in [0.15, 0.2) is 0 Å². The number of hydrogen-bond donors (Lipinski definition) is 1. The van der Waals surface area contributed by atoms with Crippen molar-refractivity contribution < 1.29 is 4.79 Å². The minimum absolute atomic E-state index is 0.0362. The first kappa shape index (κ1) is 13.6. The number of carbonyl (C=O) groups is 1. The summed E-state index contributed by atoms with van der Waals surface area (Å²) < 4.78 is 0. The minimum atomic E-state index is -0.0362. The van der Waals surface area contributed by atoms with Crippen LogP contribution in [0.2, 0.25) is 5.15 Å². The second-order valence-electron chi connectivity index (χ2n) is 5.69. The highest BCUT2D eigenvalue weighted by atomic mass is 35.5. The van der Waals surface area contributed by atoms with E-state index in [0.29, 0.717) is 22.4 Å². The number of rotatable bonds is 1. The molecule has 0 aromatic carbocycles. The maximum Gasteiger partial charge on any atom is 0.256 e. The fourth-order valence-electron chi connectivity index (χ4n) is 3.25. The summed E-state index contributed by atoms with van der Waals surface area (Å²) in [5.41, 5.74) is 6.72. The molecular formula is C14H19ClN4O. The van der Waals surface area contributed by atoms with Gasteiger partial charge in [-0.05, 0) is 32.4 Å². The molecule has 2 aliphatic heterocycles. The summed E-state index contributed by atoms with van der Waals surface area (Å²) >= 11 is 5.88.